The van der Waals surface area contributed by atoms with Crippen LogP contribution in [0.5, 0.6) is 0 Å². The molecule has 1 aromatic heterocycles. The van der Waals surface area contributed by atoms with Crippen molar-refractivity contribution in [2.45, 2.75) is 26.7 Å². The lowest BCUT2D eigenvalue weighted by molar-refractivity contribution is -0.136. The second-order valence-corrected chi connectivity index (χ2v) is 5.25. The summed E-state index contributed by atoms with van der Waals surface area (Å²) in [6.07, 6.45) is 0.710. The number of aliphatic carboxylic acids is 1. The van der Waals surface area contributed by atoms with Gasteiger partial charge in [0.25, 0.3) is 0 Å². The summed E-state index contributed by atoms with van der Waals surface area (Å²) < 4.78 is 2.89. The van der Waals surface area contributed by atoms with Gasteiger partial charge in [0, 0.05) is 6.42 Å². The fourth-order valence-electron chi connectivity index (χ4n) is 1.93. The van der Waals surface area contributed by atoms with Gasteiger partial charge in [-0.3, -0.25) is 4.79 Å². The first-order chi connectivity index (χ1) is 8.99. The van der Waals surface area contributed by atoms with E-state index >= 15 is 0 Å². The Morgan fingerprint density at radius 3 is 2.42 bits per heavy atom. The molecule has 1 aromatic carbocycles. The fourth-order valence-corrected chi connectivity index (χ4v) is 2.18. The minimum atomic E-state index is -0.772. The van der Waals surface area contributed by atoms with E-state index in [0.29, 0.717) is 6.42 Å². The molecule has 0 spiro atoms. The Labute approximate surface area is 120 Å². The number of benzene rings is 1. The summed E-state index contributed by atoms with van der Waals surface area (Å²) in [5.74, 6) is -0.772. The molecule has 0 radical (unpaired) electrons. The average molecular weight is 323 g/mol. The molecule has 100 valence electrons. The zero-order valence-electron chi connectivity index (χ0n) is 10.9. The van der Waals surface area contributed by atoms with E-state index < -0.39 is 5.97 Å². The number of halogens is 1. The summed E-state index contributed by atoms with van der Waals surface area (Å²) in [4.78, 5) is 10.5. The van der Waals surface area contributed by atoms with Gasteiger partial charge >= 0.3 is 5.97 Å². The van der Waals surface area contributed by atoms with Gasteiger partial charge in [-0.05, 0) is 53.9 Å². The van der Waals surface area contributed by atoms with E-state index in [0.717, 1.165) is 27.1 Å². The van der Waals surface area contributed by atoms with Crippen LogP contribution in [0, 0.1) is 13.8 Å². The van der Waals surface area contributed by atoms with E-state index in [9.17, 15) is 4.79 Å². The minimum absolute atomic E-state index is 0.158. The third-order valence-corrected chi connectivity index (χ3v) is 4.16. The maximum atomic E-state index is 10.5. The fraction of sp³-hybridized carbons (Fsp3) is 0.286. The number of carboxylic acids is 1. The number of hydrogen-bond acceptors (Lipinski definition) is 2. The Balaban J connectivity index is 2.22. The molecule has 0 unspecified atom stereocenters. The number of aromatic nitrogens is 2. The van der Waals surface area contributed by atoms with Crippen LogP contribution in [0.2, 0.25) is 0 Å². The molecule has 0 aliphatic rings. The number of hydrogen-bond donors (Lipinski definition) is 1. The van der Waals surface area contributed by atoms with Crippen LogP contribution >= 0.6 is 15.9 Å². The lowest BCUT2D eigenvalue weighted by Crippen LogP contribution is -2.00. The number of carbonyl (C=O) groups is 1. The Morgan fingerprint density at radius 1 is 1.32 bits per heavy atom. The van der Waals surface area contributed by atoms with Gasteiger partial charge in [0.2, 0.25) is 0 Å². The minimum Gasteiger partial charge on any atom is -0.481 e. The van der Waals surface area contributed by atoms with E-state index in [4.69, 9.17) is 5.11 Å². The van der Waals surface area contributed by atoms with Gasteiger partial charge in [-0.2, -0.15) is 5.10 Å². The quantitative estimate of drug-likeness (QED) is 0.939. The maximum absolute atomic E-state index is 10.5. The molecule has 0 aliphatic heterocycles. The highest BCUT2D eigenvalue weighted by molar-refractivity contribution is 9.10. The van der Waals surface area contributed by atoms with Crippen molar-refractivity contribution in [3.05, 3.63) is 45.7 Å². The van der Waals surface area contributed by atoms with Crippen molar-refractivity contribution in [1.82, 2.24) is 9.78 Å². The van der Waals surface area contributed by atoms with Crippen LogP contribution in [0.25, 0.3) is 5.69 Å². The third-order valence-electron chi connectivity index (χ3n) is 3.01. The standard InChI is InChI=1S/C14H15BrN2O2/c1-9-14(15)10(2)17(16-9)12-6-3-11(4-7-12)5-8-13(18)19/h3-4,6-7H,5,8H2,1-2H3,(H,18,19). The van der Waals surface area contributed by atoms with E-state index in [2.05, 4.69) is 21.0 Å². The molecule has 0 saturated carbocycles. The molecule has 0 saturated heterocycles. The van der Waals surface area contributed by atoms with Crippen molar-refractivity contribution < 1.29 is 9.90 Å². The molecular weight excluding hydrogens is 308 g/mol. The van der Waals surface area contributed by atoms with Gasteiger partial charge in [0.1, 0.15) is 0 Å². The predicted octanol–water partition coefficient (Wildman–Crippen LogP) is 3.27. The third kappa shape index (κ3) is 3.04. The van der Waals surface area contributed by atoms with E-state index in [1.54, 1.807) is 0 Å². The highest BCUT2D eigenvalue weighted by atomic mass is 79.9. The van der Waals surface area contributed by atoms with Crippen molar-refractivity contribution in [2.75, 3.05) is 0 Å². The van der Waals surface area contributed by atoms with Crippen LogP contribution in [0.1, 0.15) is 23.4 Å². The smallest absolute Gasteiger partial charge is 0.303 e. The van der Waals surface area contributed by atoms with Crippen LogP contribution in [-0.4, -0.2) is 20.9 Å². The monoisotopic (exact) mass is 322 g/mol. The first-order valence-corrected chi connectivity index (χ1v) is 6.81. The van der Waals surface area contributed by atoms with Crippen molar-refractivity contribution in [3.8, 4) is 5.69 Å². The summed E-state index contributed by atoms with van der Waals surface area (Å²) >= 11 is 3.50. The lowest BCUT2D eigenvalue weighted by atomic mass is 10.1. The first kappa shape index (κ1) is 13.8. The first-order valence-electron chi connectivity index (χ1n) is 6.02. The molecule has 0 atom stereocenters. The van der Waals surface area contributed by atoms with Crippen molar-refractivity contribution in [1.29, 1.82) is 0 Å². The number of nitrogens with zero attached hydrogens (tertiary/aromatic N) is 2. The van der Waals surface area contributed by atoms with E-state index in [1.165, 1.54) is 0 Å². The Bertz CT molecular complexity index is 603. The van der Waals surface area contributed by atoms with E-state index in [1.807, 2.05) is 42.8 Å². The second-order valence-electron chi connectivity index (χ2n) is 4.46. The summed E-state index contributed by atoms with van der Waals surface area (Å²) in [6, 6.07) is 7.82. The molecular formula is C14H15BrN2O2. The molecule has 0 amide bonds. The maximum Gasteiger partial charge on any atom is 0.303 e. The summed E-state index contributed by atoms with van der Waals surface area (Å²) in [5.41, 5.74) is 4.00. The van der Waals surface area contributed by atoms with Gasteiger partial charge in [-0.1, -0.05) is 12.1 Å². The van der Waals surface area contributed by atoms with Crippen molar-refractivity contribution in [2.24, 2.45) is 0 Å². The van der Waals surface area contributed by atoms with E-state index in [-0.39, 0.29) is 6.42 Å². The molecule has 2 aromatic rings. The van der Waals surface area contributed by atoms with Crippen LogP contribution in [0.3, 0.4) is 0 Å². The van der Waals surface area contributed by atoms with Gasteiger partial charge < -0.3 is 5.11 Å². The molecule has 19 heavy (non-hydrogen) atoms. The Morgan fingerprint density at radius 2 is 1.95 bits per heavy atom. The van der Waals surface area contributed by atoms with Crippen LogP contribution < -0.4 is 0 Å². The number of carboxylic acid groups (broad SMARTS) is 1. The zero-order chi connectivity index (χ0) is 14.0. The molecule has 1 N–H and O–H groups in total. The highest BCUT2D eigenvalue weighted by Gasteiger charge is 2.10. The topological polar surface area (TPSA) is 55.1 Å². The van der Waals surface area contributed by atoms with Crippen molar-refractivity contribution in [3.63, 3.8) is 0 Å². The summed E-state index contributed by atoms with van der Waals surface area (Å²) in [5, 5.41) is 13.1. The van der Waals surface area contributed by atoms with Crippen LogP contribution in [0.4, 0.5) is 0 Å². The normalized spacial score (nSPS) is 10.7. The second kappa shape index (κ2) is 5.57. The molecule has 0 fully saturated rings. The Kier molecular flexibility index (Phi) is 4.04. The largest absolute Gasteiger partial charge is 0.481 e. The van der Waals surface area contributed by atoms with Gasteiger partial charge in [-0.25, -0.2) is 4.68 Å². The zero-order valence-corrected chi connectivity index (χ0v) is 12.4. The average Bonchev–Trinajstić information content (AvgIpc) is 2.65. The van der Waals surface area contributed by atoms with Crippen molar-refractivity contribution >= 4 is 21.9 Å². The molecule has 4 nitrogen and oxygen atoms in total. The van der Waals surface area contributed by atoms with Gasteiger partial charge in [-0.15, -0.1) is 0 Å². The Hall–Kier alpha value is -1.62. The molecule has 5 heteroatoms. The number of aryl methyl sites for hydroxylation is 2. The lowest BCUT2D eigenvalue weighted by Gasteiger charge is -2.05. The molecule has 0 aliphatic carbocycles. The summed E-state index contributed by atoms with van der Waals surface area (Å²) in [7, 11) is 0. The van der Waals surface area contributed by atoms with Gasteiger partial charge in [0.15, 0.2) is 0 Å². The van der Waals surface area contributed by atoms with Crippen LogP contribution in [0.15, 0.2) is 28.7 Å². The number of rotatable bonds is 4. The predicted molar refractivity (Wildman–Crippen MR) is 76.7 cm³/mol. The summed E-state index contributed by atoms with van der Waals surface area (Å²) in [6.45, 7) is 3.96. The SMILES string of the molecule is Cc1nn(-c2ccc(CCC(=O)O)cc2)c(C)c1Br. The van der Waals surface area contributed by atoms with Gasteiger partial charge in [0.05, 0.1) is 21.5 Å². The highest BCUT2D eigenvalue weighted by Crippen LogP contribution is 2.23. The molecule has 2 rings (SSSR count). The molecule has 1 heterocycles. The van der Waals surface area contributed by atoms with Crippen LogP contribution in [-0.2, 0) is 11.2 Å². The molecule has 0 bridgehead atoms.